The van der Waals surface area contributed by atoms with Crippen LogP contribution in [-0.2, 0) is 31.6 Å². The van der Waals surface area contributed by atoms with E-state index < -0.39 is 0 Å². The van der Waals surface area contributed by atoms with Crippen molar-refractivity contribution in [3.05, 3.63) is 69.6 Å². The second-order valence-electron chi connectivity index (χ2n) is 12.4. The van der Waals surface area contributed by atoms with E-state index in [1.54, 1.807) is 5.56 Å². The number of fused-ring (bicyclic) bond motifs is 1. The van der Waals surface area contributed by atoms with E-state index in [1.807, 2.05) is 0 Å². The number of allylic oxidation sites excluding steroid dienone is 2. The molecule has 8 rings (SSSR count). The van der Waals surface area contributed by atoms with Crippen LogP contribution in [0, 0.1) is 30.6 Å². The van der Waals surface area contributed by atoms with E-state index in [4.69, 9.17) is 0 Å². The fraction of sp³-hybridized carbons (Fsp3) is 0.515. The fourth-order valence-electron chi connectivity index (χ4n) is 8.87. The van der Waals surface area contributed by atoms with Gasteiger partial charge in [0.15, 0.2) is 0 Å². The summed E-state index contributed by atoms with van der Waals surface area (Å²) in [6, 6.07) is 14.7. The molecule has 0 heterocycles. The molecule has 0 amide bonds. The predicted molar refractivity (Wildman–Crippen MR) is 139 cm³/mol. The van der Waals surface area contributed by atoms with Crippen molar-refractivity contribution in [2.24, 2.45) is 23.7 Å². The summed E-state index contributed by atoms with van der Waals surface area (Å²) in [7, 11) is 0. The molecule has 4 bridgehead atoms. The molecule has 5 saturated carbocycles. The van der Waals surface area contributed by atoms with Gasteiger partial charge >= 0.3 is 0 Å². The van der Waals surface area contributed by atoms with Crippen LogP contribution in [0.1, 0.15) is 81.8 Å². The quantitative estimate of drug-likeness (QED) is 0.397. The average molecular weight is 526 g/mol. The predicted octanol–water partition coefficient (Wildman–Crippen LogP) is 7.21. The van der Waals surface area contributed by atoms with Gasteiger partial charge in [0.1, 0.15) is 0 Å². The molecule has 6 aliphatic carbocycles. The number of aryl methyl sites for hydroxylation is 1. The first-order valence-electron chi connectivity index (χ1n) is 13.8. The van der Waals surface area contributed by atoms with Gasteiger partial charge in [0.25, 0.3) is 0 Å². The fourth-order valence-corrected chi connectivity index (χ4v) is 8.87. The smallest absolute Gasteiger partial charge is 0 e. The molecule has 2 aromatic rings. The molecule has 0 aromatic heterocycles. The number of hydrogen-bond acceptors (Lipinski definition) is 0. The minimum Gasteiger partial charge on any atom is -0.0741 e. The summed E-state index contributed by atoms with van der Waals surface area (Å²) >= 11 is 0. The second kappa shape index (κ2) is 9.03. The van der Waals surface area contributed by atoms with E-state index in [0.717, 1.165) is 23.7 Å². The van der Waals surface area contributed by atoms with Gasteiger partial charge in [0, 0.05) is 26.2 Å². The van der Waals surface area contributed by atoms with Crippen LogP contribution in [0.4, 0.5) is 0 Å². The van der Waals surface area contributed by atoms with Crippen LogP contribution in [0.25, 0.3) is 23.3 Å². The summed E-state index contributed by atoms with van der Waals surface area (Å²) in [5, 5.41) is 2.85. The van der Waals surface area contributed by atoms with E-state index in [-0.39, 0.29) is 26.2 Å². The molecule has 0 nitrogen and oxygen atoms in total. The zero-order chi connectivity index (χ0) is 22.0. The Balaban J connectivity index is 0.00000217. The zero-order valence-corrected chi connectivity index (χ0v) is 23.2. The summed E-state index contributed by atoms with van der Waals surface area (Å²) in [4.78, 5) is 0. The molecular weight excluding hydrogens is 488 g/mol. The van der Waals surface area contributed by atoms with Gasteiger partial charge in [-0.1, -0.05) is 61.7 Å². The minimum absolute atomic E-state index is 0. The van der Waals surface area contributed by atoms with E-state index in [0.29, 0.717) is 5.41 Å². The van der Waals surface area contributed by atoms with Crippen molar-refractivity contribution < 1.29 is 26.2 Å². The van der Waals surface area contributed by atoms with Crippen molar-refractivity contribution in [3.8, 4) is 11.1 Å². The number of rotatable bonds is 3. The van der Waals surface area contributed by atoms with Gasteiger partial charge in [0.2, 0.25) is 0 Å². The molecule has 1 heteroatoms. The first-order valence-corrected chi connectivity index (χ1v) is 13.8. The Kier molecular flexibility index (Phi) is 6.17. The van der Waals surface area contributed by atoms with Gasteiger partial charge in [-0.3, -0.25) is 0 Å². The van der Waals surface area contributed by atoms with Crippen molar-refractivity contribution in [2.45, 2.75) is 83.0 Å². The summed E-state index contributed by atoms with van der Waals surface area (Å²) < 4.78 is 0. The number of benzene rings is 2. The van der Waals surface area contributed by atoms with Crippen LogP contribution in [-0.4, -0.2) is 0 Å². The Morgan fingerprint density at radius 3 is 2.09 bits per heavy atom. The SMILES string of the molecule is Cc1cc(-c2ccc(C34CC5CC(CC(C5)C3)C4)cc2)c2c(c1)=CC(=CC1CCCCC1)C=2.[Zr]. The van der Waals surface area contributed by atoms with Crippen LogP contribution >= 0.6 is 0 Å². The van der Waals surface area contributed by atoms with Gasteiger partial charge in [-0.05, 0) is 138 Å². The summed E-state index contributed by atoms with van der Waals surface area (Å²) in [6.45, 7) is 2.25. The van der Waals surface area contributed by atoms with E-state index in [1.165, 1.54) is 103 Å². The third kappa shape index (κ3) is 4.09. The molecular formula is C33H38Zr. The normalized spacial score (nSPS) is 32.7. The van der Waals surface area contributed by atoms with Crippen molar-refractivity contribution >= 4 is 12.2 Å². The summed E-state index contributed by atoms with van der Waals surface area (Å²) in [6.07, 6.45) is 23.4. The van der Waals surface area contributed by atoms with Crippen LogP contribution in [0.15, 0.2) is 48.0 Å². The first-order chi connectivity index (χ1) is 16.1. The maximum absolute atomic E-state index is 2.56. The molecule has 0 spiro atoms. The molecule has 0 saturated heterocycles. The van der Waals surface area contributed by atoms with Crippen molar-refractivity contribution in [2.75, 3.05) is 0 Å². The number of hydrogen-bond donors (Lipinski definition) is 0. The standard InChI is InChI=1S/C33H38.Zr/c1-22-11-29-17-24(13-23-5-3-2-4-6-23)18-32(29)31(12-22)28-7-9-30(10-8-28)33-19-25-14-26(20-33)16-27(15-25)21-33;/h7-13,17-18,23,25-27H,2-6,14-16,19-21H2,1H3;. The van der Waals surface area contributed by atoms with E-state index in [2.05, 4.69) is 61.5 Å². The van der Waals surface area contributed by atoms with E-state index in [9.17, 15) is 0 Å². The van der Waals surface area contributed by atoms with Gasteiger partial charge in [0.05, 0.1) is 0 Å². The molecule has 34 heavy (non-hydrogen) atoms. The summed E-state index contributed by atoms with van der Waals surface area (Å²) in [5.41, 5.74) is 7.77. The van der Waals surface area contributed by atoms with Crippen molar-refractivity contribution in [1.82, 2.24) is 0 Å². The Hall–Kier alpha value is -1.20. The third-order valence-corrected chi connectivity index (χ3v) is 9.91. The molecule has 0 radical (unpaired) electrons. The van der Waals surface area contributed by atoms with E-state index >= 15 is 0 Å². The Bertz CT molecular complexity index is 1190. The summed E-state index contributed by atoms with van der Waals surface area (Å²) in [5.74, 6) is 3.81. The second-order valence-corrected chi connectivity index (χ2v) is 12.4. The molecule has 0 N–H and O–H groups in total. The Morgan fingerprint density at radius 1 is 0.794 bits per heavy atom. The monoisotopic (exact) mass is 524 g/mol. The topological polar surface area (TPSA) is 0 Å². The van der Waals surface area contributed by atoms with Gasteiger partial charge < -0.3 is 0 Å². The largest absolute Gasteiger partial charge is 0.0741 e. The molecule has 174 valence electrons. The van der Waals surface area contributed by atoms with Crippen LogP contribution in [0.5, 0.6) is 0 Å². The molecule has 0 unspecified atom stereocenters. The molecule has 6 aliphatic rings. The molecule has 5 fully saturated rings. The Labute approximate surface area is 224 Å². The van der Waals surface area contributed by atoms with Crippen LogP contribution < -0.4 is 10.4 Å². The Morgan fingerprint density at radius 2 is 1.44 bits per heavy atom. The first kappa shape index (κ1) is 23.2. The average Bonchev–Trinajstić information content (AvgIpc) is 3.20. The van der Waals surface area contributed by atoms with Crippen molar-refractivity contribution in [3.63, 3.8) is 0 Å². The van der Waals surface area contributed by atoms with Gasteiger partial charge in [-0.15, -0.1) is 0 Å². The van der Waals surface area contributed by atoms with Crippen molar-refractivity contribution in [1.29, 1.82) is 0 Å². The maximum Gasteiger partial charge on any atom is 0 e. The minimum atomic E-state index is 0. The zero-order valence-electron chi connectivity index (χ0n) is 20.8. The van der Waals surface area contributed by atoms with Gasteiger partial charge in [-0.2, -0.15) is 0 Å². The van der Waals surface area contributed by atoms with Gasteiger partial charge in [-0.25, -0.2) is 0 Å². The maximum atomic E-state index is 2.56. The molecule has 2 aromatic carbocycles. The third-order valence-electron chi connectivity index (χ3n) is 9.91. The van der Waals surface area contributed by atoms with Crippen LogP contribution in [0.2, 0.25) is 0 Å². The van der Waals surface area contributed by atoms with Crippen LogP contribution in [0.3, 0.4) is 0 Å². The molecule has 0 atom stereocenters. The molecule has 0 aliphatic heterocycles.